The maximum absolute atomic E-state index is 3.59. The fourth-order valence-corrected chi connectivity index (χ4v) is 3.74. The van der Waals surface area contributed by atoms with E-state index in [9.17, 15) is 0 Å². The van der Waals surface area contributed by atoms with Crippen molar-refractivity contribution >= 4 is 24.8 Å². The van der Waals surface area contributed by atoms with Gasteiger partial charge in [-0.15, -0.1) is 24.8 Å². The SMILES string of the molecule is C1CC(CN2C3CCNCC2CC3)CCN1.Cl.Cl. The van der Waals surface area contributed by atoms with Crippen LogP contribution in [-0.4, -0.2) is 49.7 Å². The number of nitrogens with one attached hydrogen (secondary N) is 2. The second kappa shape index (κ2) is 7.91. The first-order valence-electron chi connectivity index (χ1n) is 7.10. The molecule has 5 heteroatoms. The molecule has 2 unspecified atom stereocenters. The number of rotatable bonds is 2. The monoisotopic (exact) mass is 295 g/mol. The third-order valence-electron chi connectivity index (χ3n) is 4.73. The van der Waals surface area contributed by atoms with Crippen LogP contribution in [0.25, 0.3) is 0 Å². The van der Waals surface area contributed by atoms with Crippen molar-refractivity contribution in [2.45, 2.75) is 44.2 Å². The Morgan fingerprint density at radius 3 is 2.22 bits per heavy atom. The van der Waals surface area contributed by atoms with Crippen molar-refractivity contribution in [1.82, 2.24) is 15.5 Å². The van der Waals surface area contributed by atoms with E-state index in [4.69, 9.17) is 0 Å². The molecule has 0 aromatic rings. The van der Waals surface area contributed by atoms with Crippen molar-refractivity contribution in [2.24, 2.45) is 5.92 Å². The number of piperidine rings is 1. The molecule has 0 radical (unpaired) electrons. The van der Waals surface area contributed by atoms with Crippen molar-refractivity contribution in [1.29, 1.82) is 0 Å². The van der Waals surface area contributed by atoms with Crippen molar-refractivity contribution < 1.29 is 0 Å². The predicted molar refractivity (Wildman–Crippen MR) is 81.1 cm³/mol. The molecule has 3 heterocycles. The highest BCUT2D eigenvalue weighted by Gasteiger charge is 2.35. The molecule has 2 bridgehead atoms. The van der Waals surface area contributed by atoms with Crippen LogP contribution in [0, 0.1) is 5.92 Å². The Balaban J connectivity index is 0.000000810. The highest BCUT2D eigenvalue weighted by atomic mass is 35.5. The van der Waals surface area contributed by atoms with Crippen molar-refractivity contribution in [3.8, 4) is 0 Å². The zero-order chi connectivity index (χ0) is 10.8. The van der Waals surface area contributed by atoms with Gasteiger partial charge in [0.05, 0.1) is 0 Å². The van der Waals surface area contributed by atoms with Gasteiger partial charge in [0.25, 0.3) is 0 Å². The normalized spacial score (nSPS) is 33.3. The second-order valence-corrected chi connectivity index (χ2v) is 5.77. The van der Waals surface area contributed by atoms with Crippen LogP contribution in [0.15, 0.2) is 0 Å². The Morgan fingerprint density at radius 2 is 1.44 bits per heavy atom. The molecule has 3 aliphatic heterocycles. The first kappa shape index (κ1) is 16.5. The lowest BCUT2D eigenvalue weighted by Gasteiger charge is -2.33. The smallest absolute Gasteiger partial charge is 0.0224 e. The molecule has 3 rings (SSSR count). The molecule has 2 atom stereocenters. The summed E-state index contributed by atoms with van der Waals surface area (Å²) in [4.78, 5) is 2.84. The molecule has 3 saturated heterocycles. The summed E-state index contributed by atoms with van der Waals surface area (Å²) in [5.41, 5.74) is 0. The predicted octanol–water partition coefficient (Wildman–Crippen LogP) is 1.66. The van der Waals surface area contributed by atoms with Crippen LogP contribution in [-0.2, 0) is 0 Å². The van der Waals surface area contributed by atoms with Crippen LogP contribution in [0.4, 0.5) is 0 Å². The van der Waals surface area contributed by atoms with Gasteiger partial charge in [0, 0.05) is 25.2 Å². The Bertz CT molecular complexity index is 220. The summed E-state index contributed by atoms with van der Waals surface area (Å²) < 4.78 is 0. The van der Waals surface area contributed by atoms with E-state index in [1.54, 1.807) is 0 Å². The topological polar surface area (TPSA) is 27.3 Å². The minimum atomic E-state index is 0. The average Bonchev–Trinajstić information content (AvgIpc) is 2.54. The quantitative estimate of drug-likeness (QED) is 0.811. The minimum absolute atomic E-state index is 0. The van der Waals surface area contributed by atoms with Gasteiger partial charge in [0.2, 0.25) is 0 Å². The standard InChI is InChI=1S/C13H25N3.2ClH/c1-2-13-9-15-8-5-12(1)16(13)10-11-3-6-14-7-4-11;;/h11-15H,1-10H2;2*1H. The minimum Gasteiger partial charge on any atom is -0.317 e. The lowest BCUT2D eigenvalue weighted by molar-refractivity contribution is 0.154. The molecule has 3 fully saturated rings. The second-order valence-electron chi connectivity index (χ2n) is 5.77. The van der Waals surface area contributed by atoms with Gasteiger partial charge in [-0.3, -0.25) is 4.90 Å². The molecule has 108 valence electrons. The van der Waals surface area contributed by atoms with Crippen LogP contribution in [0.2, 0.25) is 0 Å². The third-order valence-corrected chi connectivity index (χ3v) is 4.73. The molecule has 0 saturated carbocycles. The molecule has 0 spiro atoms. The summed E-state index contributed by atoms with van der Waals surface area (Å²) in [6.07, 6.45) is 7.05. The lowest BCUT2D eigenvalue weighted by Crippen LogP contribution is -2.43. The van der Waals surface area contributed by atoms with Gasteiger partial charge >= 0.3 is 0 Å². The Labute approximate surface area is 123 Å². The first-order valence-corrected chi connectivity index (χ1v) is 7.10. The Hall–Kier alpha value is 0.460. The van der Waals surface area contributed by atoms with Crippen LogP contribution < -0.4 is 10.6 Å². The zero-order valence-electron chi connectivity index (χ0n) is 11.1. The number of nitrogens with zero attached hydrogens (tertiary/aromatic N) is 1. The highest BCUT2D eigenvalue weighted by molar-refractivity contribution is 5.85. The van der Waals surface area contributed by atoms with E-state index in [1.807, 2.05) is 0 Å². The zero-order valence-corrected chi connectivity index (χ0v) is 12.7. The van der Waals surface area contributed by atoms with Gasteiger partial charge in [-0.25, -0.2) is 0 Å². The number of hydrogen-bond donors (Lipinski definition) is 2. The fraction of sp³-hybridized carbons (Fsp3) is 1.00. The maximum atomic E-state index is 3.59. The summed E-state index contributed by atoms with van der Waals surface area (Å²) in [6, 6.07) is 1.75. The molecule has 0 aromatic heterocycles. The molecule has 0 aromatic carbocycles. The van der Waals surface area contributed by atoms with Crippen molar-refractivity contribution in [3.05, 3.63) is 0 Å². The summed E-state index contributed by atoms with van der Waals surface area (Å²) in [5.74, 6) is 0.961. The highest BCUT2D eigenvalue weighted by Crippen LogP contribution is 2.29. The molecule has 0 amide bonds. The number of hydrogen-bond acceptors (Lipinski definition) is 3. The molecular formula is C13H27Cl2N3. The largest absolute Gasteiger partial charge is 0.317 e. The maximum Gasteiger partial charge on any atom is 0.0224 e. The molecular weight excluding hydrogens is 269 g/mol. The number of halogens is 2. The summed E-state index contributed by atoms with van der Waals surface area (Å²) in [5, 5.41) is 7.06. The van der Waals surface area contributed by atoms with Gasteiger partial charge in [-0.05, 0) is 57.7 Å². The summed E-state index contributed by atoms with van der Waals surface area (Å²) >= 11 is 0. The van der Waals surface area contributed by atoms with E-state index < -0.39 is 0 Å². The average molecular weight is 296 g/mol. The van der Waals surface area contributed by atoms with Gasteiger partial charge in [0.15, 0.2) is 0 Å². The van der Waals surface area contributed by atoms with E-state index in [-0.39, 0.29) is 24.8 Å². The molecule has 0 aliphatic carbocycles. The molecule has 18 heavy (non-hydrogen) atoms. The van der Waals surface area contributed by atoms with Crippen molar-refractivity contribution in [3.63, 3.8) is 0 Å². The fourth-order valence-electron chi connectivity index (χ4n) is 3.74. The molecule has 3 nitrogen and oxygen atoms in total. The van der Waals surface area contributed by atoms with Gasteiger partial charge < -0.3 is 10.6 Å². The van der Waals surface area contributed by atoms with E-state index in [0.717, 1.165) is 18.0 Å². The lowest BCUT2D eigenvalue weighted by atomic mass is 9.97. The third kappa shape index (κ3) is 3.73. The van der Waals surface area contributed by atoms with Crippen LogP contribution in [0.3, 0.4) is 0 Å². The first-order chi connectivity index (χ1) is 7.93. The Kier molecular flexibility index (Phi) is 7.25. The summed E-state index contributed by atoms with van der Waals surface area (Å²) in [6.45, 7) is 6.34. The molecule has 2 N–H and O–H groups in total. The Morgan fingerprint density at radius 1 is 0.778 bits per heavy atom. The van der Waals surface area contributed by atoms with Gasteiger partial charge in [-0.2, -0.15) is 0 Å². The summed E-state index contributed by atoms with van der Waals surface area (Å²) in [7, 11) is 0. The van der Waals surface area contributed by atoms with E-state index in [2.05, 4.69) is 15.5 Å². The van der Waals surface area contributed by atoms with E-state index >= 15 is 0 Å². The van der Waals surface area contributed by atoms with Crippen LogP contribution >= 0.6 is 24.8 Å². The van der Waals surface area contributed by atoms with Gasteiger partial charge in [0.1, 0.15) is 0 Å². The number of fused-ring (bicyclic) bond motifs is 2. The van der Waals surface area contributed by atoms with Crippen LogP contribution in [0.1, 0.15) is 32.1 Å². The van der Waals surface area contributed by atoms with Crippen molar-refractivity contribution in [2.75, 3.05) is 32.7 Å². The van der Waals surface area contributed by atoms with Crippen LogP contribution in [0.5, 0.6) is 0 Å². The molecule has 3 aliphatic rings. The van der Waals surface area contributed by atoms with E-state index in [0.29, 0.717) is 0 Å². The van der Waals surface area contributed by atoms with Gasteiger partial charge in [-0.1, -0.05) is 0 Å². The van der Waals surface area contributed by atoms with E-state index in [1.165, 1.54) is 64.8 Å².